The Morgan fingerprint density at radius 3 is 2.56 bits per heavy atom. The van der Waals surface area contributed by atoms with Crippen molar-refractivity contribution in [3.8, 4) is 11.5 Å². The average molecular weight is 588 g/mol. The molecule has 0 amide bonds. The molecule has 1 saturated heterocycles. The zero-order valence-electron chi connectivity index (χ0n) is 24.7. The first-order valence-corrected chi connectivity index (χ1v) is 14.4. The van der Waals surface area contributed by atoms with E-state index in [0.717, 1.165) is 65.4 Å². The van der Waals surface area contributed by atoms with Gasteiger partial charge in [-0.05, 0) is 68.6 Å². The monoisotopic (exact) mass is 587 g/mol. The number of aromatic nitrogens is 2. The Bertz CT molecular complexity index is 1610. The molecule has 10 nitrogen and oxygen atoms in total. The molecule has 2 N–H and O–H groups in total. The summed E-state index contributed by atoms with van der Waals surface area (Å²) in [5.41, 5.74) is 5.29. The first-order chi connectivity index (χ1) is 20.8. The van der Waals surface area contributed by atoms with Crippen LogP contribution in [0.3, 0.4) is 0 Å². The molecule has 2 aliphatic heterocycles. The van der Waals surface area contributed by atoms with Gasteiger partial charge < -0.3 is 29.0 Å². The van der Waals surface area contributed by atoms with Crippen molar-refractivity contribution < 1.29 is 34.0 Å². The Hall–Kier alpha value is -4.41. The topological polar surface area (TPSA) is 123 Å². The van der Waals surface area contributed by atoms with E-state index < -0.39 is 11.8 Å². The highest BCUT2D eigenvalue weighted by molar-refractivity contribution is 5.92. The highest BCUT2D eigenvalue weighted by atomic mass is 16.7. The maximum absolute atomic E-state index is 11.6. The molecule has 3 heterocycles. The van der Waals surface area contributed by atoms with Crippen LogP contribution >= 0.6 is 0 Å². The van der Waals surface area contributed by atoms with Crippen molar-refractivity contribution in [1.29, 1.82) is 0 Å². The molecule has 3 aromatic carbocycles. The standard InChI is InChI=1S/C32H35N3O5.CH2O2/c1-21-7-4-5-9-25(21)32(2)39-28-10-6-8-24(30(28)40-32)22-13-15-34(16-14-22)20-29-33-26-12-11-23(31(36)37)19-27(26)35(29)17-18-38-3;2-1-3/h4-12,19,22H,13-18,20H2,1-3H3,(H,36,37);1H,(H,2,3). The van der Waals surface area contributed by atoms with Gasteiger partial charge in [0.25, 0.3) is 12.3 Å². The fourth-order valence-corrected chi connectivity index (χ4v) is 6.12. The van der Waals surface area contributed by atoms with Gasteiger partial charge in [-0.2, -0.15) is 0 Å². The number of aryl methyl sites for hydroxylation is 1. The average Bonchev–Trinajstić information content (AvgIpc) is 3.53. The van der Waals surface area contributed by atoms with Crippen LogP contribution in [0.4, 0.5) is 0 Å². The number of ether oxygens (including phenoxy) is 3. The summed E-state index contributed by atoms with van der Waals surface area (Å²) in [6, 6.07) is 19.6. The Morgan fingerprint density at radius 1 is 1.12 bits per heavy atom. The lowest BCUT2D eigenvalue weighted by Gasteiger charge is -2.32. The van der Waals surface area contributed by atoms with Gasteiger partial charge in [0, 0.05) is 31.7 Å². The Morgan fingerprint density at radius 2 is 1.86 bits per heavy atom. The molecule has 1 aromatic heterocycles. The van der Waals surface area contributed by atoms with E-state index in [-0.39, 0.29) is 12.0 Å². The van der Waals surface area contributed by atoms with Gasteiger partial charge in [-0.3, -0.25) is 9.69 Å². The van der Waals surface area contributed by atoms with Crippen LogP contribution in [0.5, 0.6) is 11.5 Å². The van der Waals surface area contributed by atoms with Crippen molar-refractivity contribution in [2.45, 2.75) is 51.5 Å². The van der Waals surface area contributed by atoms with Crippen LogP contribution in [-0.2, 0) is 28.4 Å². The first kappa shape index (κ1) is 30.1. The molecule has 226 valence electrons. The first-order valence-electron chi connectivity index (χ1n) is 14.4. The minimum Gasteiger partial charge on any atom is -0.483 e. The smallest absolute Gasteiger partial charge is 0.335 e. The fourth-order valence-electron chi connectivity index (χ4n) is 6.12. The van der Waals surface area contributed by atoms with Crippen LogP contribution < -0.4 is 9.47 Å². The van der Waals surface area contributed by atoms with Crippen molar-refractivity contribution in [2.24, 2.45) is 0 Å². The van der Waals surface area contributed by atoms with Gasteiger partial charge in [0.05, 0.1) is 29.7 Å². The predicted octanol–water partition coefficient (Wildman–Crippen LogP) is 5.41. The molecule has 1 fully saturated rings. The van der Waals surface area contributed by atoms with Crippen LogP contribution in [0.2, 0.25) is 0 Å². The highest BCUT2D eigenvalue weighted by Gasteiger charge is 2.41. The SMILES string of the molecule is COCCn1c(CN2CCC(c3cccc4c3OC(C)(c3ccccc3C)O4)CC2)nc2ccc(C(=O)O)cc21.O=CO. The number of nitrogens with zero attached hydrogens (tertiary/aromatic N) is 3. The Balaban J connectivity index is 0.00000118. The number of methoxy groups -OCH3 is 1. The zero-order chi connectivity index (χ0) is 30.6. The summed E-state index contributed by atoms with van der Waals surface area (Å²) in [5.74, 6) is 1.19. The van der Waals surface area contributed by atoms with Gasteiger partial charge in [-0.25, -0.2) is 9.78 Å². The lowest BCUT2D eigenvalue weighted by Crippen LogP contribution is -2.34. The maximum atomic E-state index is 11.6. The number of piperidine rings is 1. The van der Waals surface area contributed by atoms with Crippen LogP contribution in [0.1, 0.15) is 58.6 Å². The van der Waals surface area contributed by atoms with E-state index in [1.165, 1.54) is 5.56 Å². The van der Waals surface area contributed by atoms with Gasteiger partial charge in [-0.15, -0.1) is 0 Å². The number of imidazole rings is 1. The van der Waals surface area contributed by atoms with Crippen LogP contribution in [0.15, 0.2) is 60.7 Å². The van der Waals surface area contributed by atoms with E-state index in [1.54, 1.807) is 25.3 Å². The number of hydrogen-bond acceptors (Lipinski definition) is 7. The highest BCUT2D eigenvalue weighted by Crippen LogP contribution is 2.49. The lowest BCUT2D eigenvalue weighted by atomic mass is 9.88. The molecule has 6 rings (SSSR count). The molecule has 43 heavy (non-hydrogen) atoms. The van der Waals surface area contributed by atoms with Crippen LogP contribution in [0.25, 0.3) is 11.0 Å². The summed E-state index contributed by atoms with van der Waals surface area (Å²) in [4.78, 5) is 27.2. The molecule has 0 bridgehead atoms. The van der Waals surface area contributed by atoms with Crippen molar-refractivity contribution in [1.82, 2.24) is 14.5 Å². The van der Waals surface area contributed by atoms with Crippen LogP contribution in [0, 0.1) is 6.92 Å². The quantitative estimate of drug-likeness (QED) is 0.260. The lowest BCUT2D eigenvalue weighted by molar-refractivity contribution is -0.122. The Labute approximate surface area is 250 Å². The van der Waals surface area contributed by atoms with Crippen molar-refractivity contribution in [2.75, 3.05) is 26.8 Å². The van der Waals surface area contributed by atoms with Gasteiger partial charge >= 0.3 is 5.97 Å². The van der Waals surface area contributed by atoms with E-state index in [0.29, 0.717) is 25.6 Å². The molecule has 1 unspecified atom stereocenters. The van der Waals surface area contributed by atoms with E-state index in [9.17, 15) is 9.90 Å². The third kappa shape index (κ3) is 6.21. The number of carboxylic acids is 1. The summed E-state index contributed by atoms with van der Waals surface area (Å²) in [6.07, 6.45) is 2.00. The van der Waals surface area contributed by atoms with E-state index in [4.69, 9.17) is 29.1 Å². The van der Waals surface area contributed by atoms with E-state index >= 15 is 0 Å². The Kier molecular flexibility index (Phi) is 8.98. The van der Waals surface area contributed by atoms with Crippen molar-refractivity contribution in [3.63, 3.8) is 0 Å². The summed E-state index contributed by atoms with van der Waals surface area (Å²) in [5, 5.41) is 16.4. The number of para-hydroxylation sites is 1. The van der Waals surface area contributed by atoms with Crippen molar-refractivity contribution >= 4 is 23.5 Å². The molecular weight excluding hydrogens is 550 g/mol. The van der Waals surface area contributed by atoms with Crippen molar-refractivity contribution in [3.05, 3.63) is 88.7 Å². The second-order valence-electron chi connectivity index (χ2n) is 11.0. The molecule has 0 spiro atoms. The molecule has 10 heteroatoms. The third-order valence-corrected chi connectivity index (χ3v) is 8.23. The molecule has 0 saturated carbocycles. The van der Waals surface area contributed by atoms with Gasteiger partial charge in [-0.1, -0.05) is 36.4 Å². The van der Waals surface area contributed by atoms with Gasteiger partial charge in [0.2, 0.25) is 0 Å². The molecule has 4 aromatic rings. The molecular formula is C33H37N3O7. The normalized spacial score (nSPS) is 18.3. The number of benzene rings is 3. The number of carboxylic acid groups (broad SMARTS) is 2. The second kappa shape index (κ2) is 12.8. The number of likely N-dealkylation sites (tertiary alicyclic amines) is 1. The maximum Gasteiger partial charge on any atom is 0.335 e. The minimum atomic E-state index is -0.939. The molecule has 0 aliphatic carbocycles. The summed E-state index contributed by atoms with van der Waals surface area (Å²) in [7, 11) is 1.67. The zero-order valence-corrected chi connectivity index (χ0v) is 24.7. The third-order valence-electron chi connectivity index (χ3n) is 8.23. The fraction of sp³-hybridized carbons (Fsp3) is 0.364. The minimum absolute atomic E-state index is 0.250. The second-order valence-corrected chi connectivity index (χ2v) is 11.0. The van der Waals surface area contributed by atoms with E-state index in [2.05, 4.69) is 40.7 Å². The number of rotatable bonds is 8. The molecule has 0 radical (unpaired) electrons. The summed E-state index contributed by atoms with van der Waals surface area (Å²) >= 11 is 0. The number of fused-ring (bicyclic) bond motifs is 2. The largest absolute Gasteiger partial charge is 0.483 e. The van der Waals surface area contributed by atoms with E-state index in [1.807, 2.05) is 25.1 Å². The molecule has 2 aliphatic rings. The number of carbonyl (C=O) groups is 2. The number of hydrogen-bond donors (Lipinski definition) is 2. The number of aromatic carboxylic acids is 1. The van der Waals surface area contributed by atoms with Crippen LogP contribution in [-0.4, -0.2) is 63.9 Å². The van der Waals surface area contributed by atoms with Gasteiger partial charge in [0.1, 0.15) is 5.82 Å². The molecule has 1 atom stereocenters. The summed E-state index contributed by atoms with van der Waals surface area (Å²) < 4.78 is 20.4. The predicted molar refractivity (Wildman–Crippen MR) is 161 cm³/mol. The van der Waals surface area contributed by atoms with Gasteiger partial charge in [0.15, 0.2) is 11.5 Å². The summed E-state index contributed by atoms with van der Waals surface area (Å²) in [6.45, 7) is 7.54.